The first-order chi connectivity index (χ1) is 12.4. The third-order valence-electron chi connectivity index (χ3n) is 4.40. The van der Waals surface area contributed by atoms with Gasteiger partial charge in [0.2, 0.25) is 0 Å². The number of benzene rings is 1. The zero-order chi connectivity index (χ0) is 18.8. The molecular formula is C18H18Cl2FNO4. The van der Waals surface area contributed by atoms with Crippen molar-refractivity contribution in [2.75, 3.05) is 6.61 Å². The summed E-state index contributed by atoms with van der Waals surface area (Å²) in [6.07, 6.45) is -5.22. The molecule has 2 heterocycles. The lowest BCUT2D eigenvalue weighted by molar-refractivity contribution is -0.214. The number of hydrogen-bond acceptors (Lipinski definition) is 5. The van der Waals surface area contributed by atoms with Gasteiger partial charge in [-0.15, -0.1) is 0 Å². The smallest absolute Gasteiger partial charge is 0.157 e. The fourth-order valence-corrected chi connectivity index (χ4v) is 3.26. The maximum absolute atomic E-state index is 13.9. The standard InChI is InChI=1S/C18H18Cl2FNO4/c19-11-2-3-12(22-7-11)6-10-5-9(1-4-13(10)20)18-17(25)16(24)15(21)14(8-23)26-18/h1-5,7,14-18,23-25H,6,8H2. The Morgan fingerprint density at radius 2 is 1.88 bits per heavy atom. The number of alkyl halides is 1. The van der Waals surface area contributed by atoms with Crippen LogP contribution in [-0.4, -0.2) is 51.4 Å². The summed E-state index contributed by atoms with van der Waals surface area (Å²) in [5, 5.41) is 30.4. The summed E-state index contributed by atoms with van der Waals surface area (Å²) < 4.78 is 19.4. The molecular weight excluding hydrogens is 384 g/mol. The van der Waals surface area contributed by atoms with E-state index < -0.39 is 37.2 Å². The molecule has 0 aliphatic carbocycles. The lowest BCUT2D eigenvalue weighted by Gasteiger charge is -2.39. The average molecular weight is 402 g/mol. The molecule has 0 radical (unpaired) electrons. The Balaban J connectivity index is 1.87. The van der Waals surface area contributed by atoms with E-state index >= 15 is 0 Å². The number of hydrogen-bond donors (Lipinski definition) is 3. The van der Waals surface area contributed by atoms with Gasteiger partial charge < -0.3 is 20.1 Å². The Bertz CT molecular complexity index is 759. The van der Waals surface area contributed by atoms with E-state index in [4.69, 9.17) is 27.9 Å². The van der Waals surface area contributed by atoms with Crippen LogP contribution in [0.5, 0.6) is 0 Å². The van der Waals surface area contributed by atoms with Crippen molar-refractivity contribution in [3.8, 4) is 0 Å². The first-order valence-electron chi connectivity index (χ1n) is 8.06. The van der Waals surface area contributed by atoms with E-state index in [0.29, 0.717) is 22.0 Å². The fourth-order valence-electron chi connectivity index (χ4n) is 2.96. The highest BCUT2D eigenvalue weighted by molar-refractivity contribution is 6.31. The summed E-state index contributed by atoms with van der Waals surface area (Å²) >= 11 is 12.1. The molecule has 5 unspecified atom stereocenters. The van der Waals surface area contributed by atoms with Crippen molar-refractivity contribution in [2.45, 2.75) is 37.0 Å². The molecule has 8 heteroatoms. The molecule has 3 rings (SSSR count). The van der Waals surface area contributed by atoms with Gasteiger partial charge in [-0.2, -0.15) is 0 Å². The van der Waals surface area contributed by atoms with Gasteiger partial charge in [-0.05, 0) is 29.3 Å². The Morgan fingerprint density at radius 3 is 2.54 bits per heavy atom. The summed E-state index contributed by atoms with van der Waals surface area (Å²) in [5.74, 6) is 0. The number of aromatic nitrogens is 1. The van der Waals surface area contributed by atoms with E-state index in [0.717, 1.165) is 11.3 Å². The van der Waals surface area contributed by atoms with Crippen LogP contribution in [0, 0.1) is 0 Å². The SMILES string of the molecule is OCC1OC(c2ccc(Cl)c(Cc3ccc(Cl)cn3)c2)C(O)C(O)C1F. The van der Waals surface area contributed by atoms with Crippen LogP contribution >= 0.6 is 23.2 Å². The summed E-state index contributed by atoms with van der Waals surface area (Å²) in [5.41, 5.74) is 2.00. The van der Waals surface area contributed by atoms with Crippen LogP contribution in [0.1, 0.15) is 22.9 Å². The Hall–Kier alpha value is -1.28. The Kier molecular flexibility index (Phi) is 6.12. The highest BCUT2D eigenvalue weighted by atomic mass is 35.5. The van der Waals surface area contributed by atoms with Gasteiger partial charge in [0.15, 0.2) is 6.17 Å². The van der Waals surface area contributed by atoms with Gasteiger partial charge in [-0.3, -0.25) is 4.98 Å². The molecule has 3 N–H and O–H groups in total. The third kappa shape index (κ3) is 4.01. The van der Waals surface area contributed by atoms with E-state index in [1.807, 2.05) is 0 Å². The topological polar surface area (TPSA) is 82.8 Å². The molecule has 1 aliphatic heterocycles. The van der Waals surface area contributed by atoms with Crippen molar-refractivity contribution in [2.24, 2.45) is 0 Å². The molecule has 2 aromatic rings. The second-order valence-corrected chi connectivity index (χ2v) is 7.04. The third-order valence-corrected chi connectivity index (χ3v) is 4.99. The van der Waals surface area contributed by atoms with Crippen molar-refractivity contribution < 1.29 is 24.4 Å². The molecule has 0 saturated carbocycles. The predicted octanol–water partition coefficient (Wildman–Crippen LogP) is 2.47. The summed E-state index contributed by atoms with van der Waals surface area (Å²) in [7, 11) is 0. The van der Waals surface area contributed by atoms with E-state index in [-0.39, 0.29) is 0 Å². The molecule has 1 fully saturated rings. The predicted molar refractivity (Wildman–Crippen MR) is 95.1 cm³/mol. The molecule has 0 bridgehead atoms. The van der Waals surface area contributed by atoms with Crippen LogP contribution in [0.25, 0.3) is 0 Å². The summed E-state index contributed by atoms with van der Waals surface area (Å²) in [6.45, 7) is -0.601. The molecule has 0 amide bonds. The number of rotatable bonds is 4. The monoisotopic (exact) mass is 401 g/mol. The normalized spacial score (nSPS) is 28.9. The van der Waals surface area contributed by atoms with E-state index in [2.05, 4.69) is 4.98 Å². The van der Waals surface area contributed by atoms with Gasteiger partial charge in [0.05, 0.1) is 11.6 Å². The van der Waals surface area contributed by atoms with Crippen molar-refractivity contribution in [1.82, 2.24) is 4.98 Å². The van der Waals surface area contributed by atoms with Gasteiger partial charge in [0, 0.05) is 23.3 Å². The van der Waals surface area contributed by atoms with E-state index in [9.17, 15) is 19.7 Å². The Labute approximate surface area is 160 Å². The lowest BCUT2D eigenvalue weighted by Crippen LogP contribution is -2.53. The van der Waals surface area contributed by atoms with Gasteiger partial charge >= 0.3 is 0 Å². The van der Waals surface area contributed by atoms with Gasteiger partial charge in [0.1, 0.15) is 24.4 Å². The first kappa shape index (κ1) is 19.5. The van der Waals surface area contributed by atoms with Crippen molar-refractivity contribution >= 4 is 23.2 Å². The number of aliphatic hydroxyl groups excluding tert-OH is 3. The minimum absolute atomic E-state index is 0.421. The molecule has 140 valence electrons. The highest BCUT2D eigenvalue weighted by Crippen LogP contribution is 2.35. The molecule has 1 saturated heterocycles. The van der Waals surface area contributed by atoms with Crippen molar-refractivity contribution in [3.05, 3.63) is 63.4 Å². The molecule has 5 atom stereocenters. The summed E-state index contributed by atoms with van der Waals surface area (Å²) in [6, 6.07) is 8.48. The number of pyridine rings is 1. The second-order valence-electron chi connectivity index (χ2n) is 6.20. The average Bonchev–Trinajstić information content (AvgIpc) is 2.64. The number of halogens is 3. The minimum atomic E-state index is -1.86. The Morgan fingerprint density at radius 1 is 1.12 bits per heavy atom. The maximum Gasteiger partial charge on any atom is 0.157 e. The van der Waals surface area contributed by atoms with Gasteiger partial charge in [-0.25, -0.2) is 4.39 Å². The molecule has 1 aromatic heterocycles. The van der Waals surface area contributed by atoms with E-state index in [1.165, 1.54) is 6.20 Å². The van der Waals surface area contributed by atoms with Crippen molar-refractivity contribution in [1.29, 1.82) is 0 Å². The molecule has 1 aliphatic rings. The minimum Gasteiger partial charge on any atom is -0.394 e. The van der Waals surface area contributed by atoms with Crippen LogP contribution in [0.2, 0.25) is 10.0 Å². The fraction of sp³-hybridized carbons (Fsp3) is 0.389. The van der Waals surface area contributed by atoms with Crippen LogP contribution < -0.4 is 0 Å². The zero-order valence-electron chi connectivity index (χ0n) is 13.6. The largest absolute Gasteiger partial charge is 0.394 e. The van der Waals surface area contributed by atoms with Crippen LogP contribution in [-0.2, 0) is 11.2 Å². The van der Waals surface area contributed by atoms with Crippen molar-refractivity contribution in [3.63, 3.8) is 0 Å². The lowest BCUT2D eigenvalue weighted by atomic mass is 9.91. The molecule has 26 heavy (non-hydrogen) atoms. The highest BCUT2D eigenvalue weighted by Gasteiger charge is 2.45. The maximum atomic E-state index is 13.9. The zero-order valence-corrected chi connectivity index (χ0v) is 15.1. The number of ether oxygens (including phenoxy) is 1. The van der Waals surface area contributed by atoms with Gasteiger partial charge in [0.25, 0.3) is 0 Å². The first-order valence-corrected chi connectivity index (χ1v) is 8.81. The van der Waals surface area contributed by atoms with Crippen LogP contribution in [0.15, 0.2) is 36.5 Å². The number of aliphatic hydroxyl groups is 3. The van der Waals surface area contributed by atoms with E-state index in [1.54, 1.807) is 30.3 Å². The van der Waals surface area contributed by atoms with Crippen LogP contribution in [0.3, 0.4) is 0 Å². The molecule has 5 nitrogen and oxygen atoms in total. The van der Waals surface area contributed by atoms with Crippen LogP contribution in [0.4, 0.5) is 4.39 Å². The van der Waals surface area contributed by atoms with Gasteiger partial charge in [-0.1, -0.05) is 35.3 Å². The second kappa shape index (κ2) is 8.17. The summed E-state index contributed by atoms with van der Waals surface area (Å²) in [4.78, 5) is 4.23. The number of nitrogens with zero attached hydrogens (tertiary/aromatic N) is 1. The molecule has 1 aromatic carbocycles. The molecule has 0 spiro atoms. The quantitative estimate of drug-likeness (QED) is 0.732.